The van der Waals surface area contributed by atoms with Gasteiger partial charge in [-0.15, -0.1) is 0 Å². The summed E-state index contributed by atoms with van der Waals surface area (Å²) in [5.41, 5.74) is 3.27. The van der Waals surface area contributed by atoms with Crippen molar-refractivity contribution in [1.29, 1.82) is 0 Å². The van der Waals surface area contributed by atoms with E-state index in [1.807, 2.05) is 0 Å². The van der Waals surface area contributed by atoms with E-state index in [1.54, 1.807) is 5.92 Å². The zero-order chi connectivity index (χ0) is 16.3. The highest BCUT2D eigenvalue weighted by atomic mass is 14.5. The first kappa shape index (κ1) is 17.3. The maximum absolute atomic E-state index is 4.26. The van der Waals surface area contributed by atoms with Gasteiger partial charge in [0.05, 0.1) is 0 Å². The zero-order valence-electron chi connectivity index (χ0n) is 15.2. The molecule has 0 saturated heterocycles. The smallest absolute Gasteiger partial charge is 0.00998 e. The third-order valence-electron chi connectivity index (χ3n) is 6.42. The Balaban J connectivity index is 2.34. The van der Waals surface area contributed by atoms with Gasteiger partial charge in [0.1, 0.15) is 0 Å². The molecule has 0 N–H and O–H groups in total. The largest absolute Gasteiger partial charge is 0.0999 e. The van der Waals surface area contributed by atoms with Crippen LogP contribution in [0.2, 0.25) is 0 Å². The second-order valence-electron chi connectivity index (χ2n) is 7.76. The summed E-state index contributed by atoms with van der Waals surface area (Å²) in [4.78, 5) is 0. The van der Waals surface area contributed by atoms with Crippen molar-refractivity contribution >= 4 is 0 Å². The first-order valence-electron chi connectivity index (χ1n) is 8.91. The van der Waals surface area contributed by atoms with Crippen molar-refractivity contribution in [2.24, 2.45) is 17.3 Å². The average molecular weight is 298 g/mol. The van der Waals surface area contributed by atoms with Crippen LogP contribution >= 0.6 is 0 Å². The Morgan fingerprint density at radius 2 is 1.91 bits per heavy atom. The SMILES string of the molecule is C=C(C)C1CCC(C)(C(C[C](C)CC)c2ccccc2)C1C. The van der Waals surface area contributed by atoms with Crippen molar-refractivity contribution in [1.82, 2.24) is 0 Å². The van der Waals surface area contributed by atoms with Crippen LogP contribution in [-0.2, 0) is 0 Å². The van der Waals surface area contributed by atoms with Crippen LogP contribution in [0.4, 0.5) is 0 Å². The molecule has 1 saturated carbocycles. The summed E-state index contributed by atoms with van der Waals surface area (Å²) in [6, 6.07) is 11.2. The molecule has 0 amide bonds. The van der Waals surface area contributed by atoms with Crippen molar-refractivity contribution < 1.29 is 0 Å². The van der Waals surface area contributed by atoms with Crippen LogP contribution in [0.1, 0.15) is 71.8 Å². The number of hydrogen-bond donors (Lipinski definition) is 0. The van der Waals surface area contributed by atoms with Gasteiger partial charge in [-0.2, -0.15) is 0 Å². The minimum Gasteiger partial charge on any atom is -0.0999 e. The van der Waals surface area contributed by atoms with Gasteiger partial charge in [0.25, 0.3) is 0 Å². The molecule has 121 valence electrons. The van der Waals surface area contributed by atoms with Crippen LogP contribution in [0.15, 0.2) is 42.5 Å². The molecule has 22 heavy (non-hydrogen) atoms. The molecule has 0 bridgehead atoms. The van der Waals surface area contributed by atoms with Crippen LogP contribution < -0.4 is 0 Å². The summed E-state index contributed by atoms with van der Waals surface area (Å²) in [5.74, 6) is 3.66. The fourth-order valence-electron chi connectivity index (χ4n) is 4.48. The molecule has 4 unspecified atom stereocenters. The first-order valence-corrected chi connectivity index (χ1v) is 8.91. The maximum Gasteiger partial charge on any atom is -0.00998 e. The predicted octanol–water partition coefficient (Wildman–Crippen LogP) is 6.79. The summed E-state index contributed by atoms with van der Waals surface area (Å²) in [6.07, 6.45) is 5.05. The number of rotatable bonds is 6. The Morgan fingerprint density at radius 1 is 1.27 bits per heavy atom. The van der Waals surface area contributed by atoms with Crippen LogP contribution in [0, 0.1) is 23.2 Å². The summed E-state index contributed by atoms with van der Waals surface area (Å²) >= 11 is 0. The van der Waals surface area contributed by atoms with Gasteiger partial charge in [-0.3, -0.25) is 0 Å². The minimum atomic E-state index is 0.376. The van der Waals surface area contributed by atoms with E-state index in [1.165, 1.54) is 36.8 Å². The van der Waals surface area contributed by atoms with Crippen molar-refractivity contribution in [3.05, 3.63) is 54.0 Å². The Hall–Kier alpha value is -1.04. The predicted molar refractivity (Wildman–Crippen MR) is 97.8 cm³/mol. The number of allylic oxidation sites excluding steroid dienone is 1. The van der Waals surface area contributed by atoms with Gasteiger partial charge in [0.15, 0.2) is 0 Å². The molecule has 1 aliphatic carbocycles. The molecule has 0 heterocycles. The van der Waals surface area contributed by atoms with Crippen molar-refractivity contribution in [3.8, 4) is 0 Å². The lowest BCUT2D eigenvalue weighted by Crippen LogP contribution is -2.31. The molecule has 1 aromatic carbocycles. The molecule has 0 aliphatic heterocycles. The van der Waals surface area contributed by atoms with E-state index in [0.29, 0.717) is 23.2 Å². The minimum absolute atomic E-state index is 0.376. The maximum atomic E-state index is 4.26. The number of benzene rings is 1. The van der Waals surface area contributed by atoms with E-state index in [-0.39, 0.29) is 0 Å². The van der Waals surface area contributed by atoms with Gasteiger partial charge in [-0.1, -0.05) is 76.6 Å². The van der Waals surface area contributed by atoms with Gasteiger partial charge < -0.3 is 0 Å². The summed E-state index contributed by atoms with van der Waals surface area (Å²) in [7, 11) is 0. The Labute approximate surface area is 138 Å². The van der Waals surface area contributed by atoms with Gasteiger partial charge >= 0.3 is 0 Å². The van der Waals surface area contributed by atoms with E-state index in [2.05, 4.69) is 71.5 Å². The second kappa shape index (κ2) is 7.02. The lowest BCUT2D eigenvalue weighted by atomic mass is 9.63. The molecular formula is C22H33. The second-order valence-corrected chi connectivity index (χ2v) is 7.76. The Bertz CT molecular complexity index is 486. The standard InChI is InChI=1S/C22H33/c1-7-17(4)15-21(19-11-9-8-10-12-19)22(6)14-13-20(16(2)3)18(22)5/h8-12,18,20-21H,2,7,13-15H2,1,3-6H3. The van der Waals surface area contributed by atoms with Crippen molar-refractivity contribution in [3.63, 3.8) is 0 Å². The molecule has 1 fully saturated rings. The molecule has 1 aromatic rings. The summed E-state index contributed by atoms with van der Waals surface area (Å²) in [5, 5.41) is 0. The molecule has 0 spiro atoms. The fourth-order valence-corrected chi connectivity index (χ4v) is 4.48. The average Bonchev–Trinajstić information content (AvgIpc) is 2.82. The van der Waals surface area contributed by atoms with Crippen molar-refractivity contribution in [2.45, 2.75) is 66.2 Å². The van der Waals surface area contributed by atoms with E-state index < -0.39 is 0 Å². The lowest BCUT2D eigenvalue weighted by Gasteiger charge is -2.41. The van der Waals surface area contributed by atoms with E-state index in [4.69, 9.17) is 0 Å². The van der Waals surface area contributed by atoms with Crippen molar-refractivity contribution in [2.75, 3.05) is 0 Å². The van der Waals surface area contributed by atoms with Gasteiger partial charge in [0.2, 0.25) is 0 Å². The fraction of sp³-hybridized carbons (Fsp3) is 0.591. The quantitative estimate of drug-likeness (QED) is 0.507. The van der Waals surface area contributed by atoms with E-state index in [0.717, 1.165) is 0 Å². The summed E-state index contributed by atoms with van der Waals surface area (Å²) < 4.78 is 0. The highest BCUT2D eigenvalue weighted by molar-refractivity contribution is 5.25. The molecule has 0 heteroatoms. The topological polar surface area (TPSA) is 0 Å². The van der Waals surface area contributed by atoms with Gasteiger partial charge in [-0.05, 0) is 60.8 Å². The molecule has 4 atom stereocenters. The highest BCUT2D eigenvalue weighted by Crippen LogP contribution is 2.57. The highest BCUT2D eigenvalue weighted by Gasteiger charge is 2.47. The third kappa shape index (κ3) is 3.31. The van der Waals surface area contributed by atoms with Gasteiger partial charge in [0, 0.05) is 0 Å². The molecule has 0 nitrogen and oxygen atoms in total. The van der Waals surface area contributed by atoms with Gasteiger partial charge in [-0.25, -0.2) is 0 Å². The molecular weight excluding hydrogens is 264 g/mol. The monoisotopic (exact) mass is 297 g/mol. The first-order chi connectivity index (χ1) is 10.4. The molecule has 0 aromatic heterocycles. The van der Waals surface area contributed by atoms with Crippen LogP contribution in [0.25, 0.3) is 0 Å². The van der Waals surface area contributed by atoms with E-state index >= 15 is 0 Å². The number of hydrogen-bond acceptors (Lipinski definition) is 0. The Morgan fingerprint density at radius 3 is 2.41 bits per heavy atom. The molecule has 1 radical (unpaired) electrons. The van der Waals surface area contributed by atoms with Crippen LogP contribution in [0.5, 0.6) is 0 Å². The molecule has 1 aliphatic rings. The summed E-state index contributed by atoms with van der Waals surface area (Å²) in [6.45, 7) is 16.1. The lowest BCUT2D eigenvalue weighted by molar-refractivity contribution is 0.167. The zero-order valence-corrected chi connectivity index (χ0v) is 15.2. The van der Waals surface area contributed by atoms with Crippen LogP contribution in [-0.4, -0.2) is 0 Å². The molecule has 2 rings (SSSR count). The normalized spacial score (nSPS) is 29.7. The Kier molecular flexibility index (Phi) is 5.53. The van der Waals surface area contributed by atoms with Crippen LogP contribution in [0.3, 0.4) is 0 Å². The van der Waals surface area contributed by atoms with E-state index in [9.17, 15) is 0 Å². The third-order valence-corrected chi connectivity index (χ3v) is 6.42.